The maximum atomic E-state index is 15.0. The van der Waals surface area contributed by atoms with Crippen LogP contribution in [0.2, 0.25) is 0 Å². The zero-order valence-electron chi connectivity index (χ0n) is 46.1. The van der Waals surface area contributed by atoms with E-state index in [1.54, 1.807) is 68.7 Å². The summed E-state index contributed by atoms with van der Waals surface area (Å²) < 4.78 is 25.0. The molecule has 0 unspecified atom stereocenters. The Hall–Kier alpha value is -5.60. The lowest BCUT2D eigenvalue weighted by Gasteiger charge is -2.40. The molecule has 7 heterocycles. The molecule has 0 aliphatic carbocycles. The Morgan fingerprint density at radius 3 is 2.14 bits per heavy atom. The molecule has 416 valence electrons. The number of allylic oxidation sites excluding steroid dienone is 2. The van der Waals surface area contributed by atoms with Gasteiger partial charge in [-0.1, -0.05) is 66.2 Å². The number of piperazine rings is 1. The van der Waals surface area contributed by atoms with Crippen molar-refractivity contribution >= 4 is 40.2 Å². The van der Waals surface area contributed by atoms with Gasteiger partial charge in [0.25, 0.3) is 11.7 Å². The highest BCUT2D eigenvalue weighted by atomic mass is 16.7. The lowest BCUT2D eigenvalue weighted by Crippen LogP contribution is -2.53. The van der Waals surface area contributed by atoms with Crippen molar-refractivity contribution in [3.63, 3.8) is 0 Å². The van der Waals surface area contributed by atoms with E-state index >= 15 is 0 Å². The topological polar surface area (TPSA) is 236 Å². The first-order valence-electron chi connectivity index (χ1n) is 27.4. The number of ketones is 1. The lowest BCUT2D eigenvalue weighted by atomic mass is 9.78. The lowest BCUT2D eigenvalue weighted by molar-refractivity contribution is -0.133. The van der Waals surface area contributed by atoms with Crippen molar-refractivity contribution in [1.82, 2.24) is 19.6 Å². The molecule has 7 aliphatic rings. The number of carbonyl (C=O) groups excluding carboxylic acids is 4. The number of Topliss-reactive ketones (excluding diaryl/α,β-unsaturated/α-hetero) is 1. The molecule has 19 heteroatoms. The maximum Gasteiger partial charge on any atom is 0.410 e. The summed E-state index contributed by atoms with van der Waals surface area (Å²) in [6.45, 7) is 22.2. The van der Waals surface area contributed by atoms with Crippen molar-refractivity contribution in [3.05, 3.63) is 58.0 Å². The Bertz CT molecular complexity index is 2760. The second-order valence-electron chi connectivity index (χ2n) is 22.7. The van der Waals surface area contributed by atoms with E-state index in [0.717, 1.165) is 39.0 Å². The molecule has 3 amide bonds. The number of anilines is 1. The number of ether oxygens (including phenoxy) is 4. The molecule has 0 radical (unpaired) electrons. The van der Waals surface area contributed by atoms with Crippen molar-refractivity contribution < 1.29 is 58.6 Å². The smallest absolute Gasteiger partial charge is 0.410 e. The van der Waals surface area contributed by atoms with Crippen molar-refractivity contribution in [3.8, 4) is 17.2 Å². The minimum atomic E-state index is -2.01. The van der Waals surface area contributed by atoms with Crippen LogP contribution < -0.4 is 20.8 Å². The van der Waals surface area contributed by atoms with E-state index in [-0.39, 0.29) is 74.4 Å². The highest BCUT2D eigenvalue weighted by Gasteiger charge is 2.50. The van der Waals surface area contributed by atoms with Crippen molar-refractivity contribution in [2.45, 2.75) is 137 Å². The van der Waals surface area contributed by atoms with E-state index < -0.39 is 83.1 Å². The molecule has 3 saturated heterocycles. The van der Waals surface area contributed by atoms with Gasteiger partial charge in [0.1, 0.15) is 28.6 Å². The standard InChI is InChI=1S/C57H81N7O12/c1-32(2)31-62-24-19-57(20-25-62)59-44-41-42-49(68)38(8)52-43(41)53(70)56(9,76-52)74-30-18-39(73-10)35(5)51(75-55(72)64-28-26-63(27-29-64)40(65)17-23-61-21-12-11-13-22-61)37(7)48(67)36(6)47(66)33(3)15-14-16-34(4)54(71)58-46(50(42)69)45(44)60-57/h14-16,18,30,32-33,35-37,39,47-48,51,66-69H,11-13,17,19-29,31H2,1-10H3,(H,58,71)/b15-14+,30-18+,34-16-/t33-,35+,36+,37+,39-,47-,48+,51+,56-/m0/s1. The number of phenols is 2. The summed E-state index contributed by atoms with van der Waals surface area (Å²) in [5, 5.41) is 51.3. The zero-order chi connectivity index (χ0) is 55.0. The third-order valence-corrected chi connectivity index (χ3v) is 16.8. The second kappa shape index (κ2) is 23.2. The number of methoxy groups -OCH3 is 1. The monoisotopic (exact) mass is 1060 g/mol. The number of piperidine rings is 2. The van der Waals surface area contributed by atoms with Crippen LogP contribution in [0.1, 0.15) is 110 Å². The quantitative estimate of drug-likeness (QED) is 0.220. The number of aliphatic hydroxyl groups is 2. The summed E-state index contributed by atoms with van der Waals surface area (Å²) in [5.74, 6) is -6.26. The fourth-order valence-electron chi connectivity index (χ4n) is 11.9. The van der Waals surface area contributed by atoms with Gasteiger partial charge in [-0.3, -0.25) is 24.4 Å². The SMILES string of the molecule is CO[C@H]1/C=C/O[C@@]2(C)Oc3c(C)c(O)c4c(O)c(c5c(c4c3C2=O)=NC2(CCN(CC(C)C)CC2)N=5)NC(=O)/C(C)=C\C=C\[C@H](C)[C@H](O)[C@@H](C)[C@@H](O)[C@@H](C)[C@H](OC(=O)N2CCN(C(=O)CCN3CCCCC3)CC2)[C@@H]1C. The van der Waals surface area contributed by atoms with Crippen LogP contribution in [0, 0.1) is 36.5 Å². The van der Waals surface area contributed by atoms with Crippen molar-refractivity contribution in [2.24, 2.45) is 39.6 Å². The number of hydrogen-bond donors (Lipinski definition) is 5. The average Bonchev–Trinajstić information content (AvgIpc) is 3.92. The number of aliphatic hydroxyl groups excluding tert-OH is 2. The number of rotatable bonds is 7. The number of benzene rings is 2. The number of nitrogens with zero attached hydrogens (tertiary/aromatic N) is 6. The van der Waals surface area contributed by atoms with Crippen LogP contribution in [0.5, 0.6) is 17.2 Å². The fourth-order valence-corrected chi connectivity index (χ4v) is 11.9. The number of hydrogen-bond acceptors (Lipinski definition) is 16. The highest BCUT2D eigenvalue weighted by molar-refractivity contribution is 6.19. The van der Waals surface area contributed by atoms with Crippen LogP contribution in [0.3, 0.4) is 0 Å². The minimum Gasteiger partial charge on any atom is -0.507 e. The van der Waals surface area contributed by atoms with Gasteiger partial charge in [0.15, 0.2) is 11.4 Å². The minimum absolute atomic E-state index is 0.0223. The molecule has 2 aromatic rings. The summed E-state index contributed by atoms with van der Waals surface area (Å²) in [4.78, 5) is 74.9. The van der Waals surface area contributed by atoms with Gasteiger partial charge in [0, 0.05) is 126 Å². The van der Waals surface area contributed by atoms with Gasteiger partial charge in [-0.05, 0) is 51.8 Å². The zero-order valence-corrected chi connectivity index (χ0v) is 46.1. The molecule has 76 heavy (non-hydrogen) atoms. The maximum absolute atomic E-state index is 15.0. The molecule has 3 fully saturated rings. The molecular weight excluding hydrogens is 975 g/mol. The van der Waals surface area contributed by atoms with Crippen LogP contribution in [0.25, 0.3) is 10.8 Å². The first-order chi connectivity index (χ1) is 36.1. The molecule has 9 atom stereocenters. The number of amides is 3. The fraction of sp³-hybridized carbons (Fsp3) is 0.649. The molecule has 7 aliphatic heterocycles. The predicted octanol–water partition coefficient (Wildman–Crippen LogP) is 5.34. The van der Waals surface area contributed by atoms with E-state index in [1.165, 1.54) is 26.7 Å². The Morgan fingerprint density at radius 1 is 0.829 bits per heavy atom. The Labute approximate surface area is 446 Å². The van der Waals surface area contributed by atoms with Gasteiger partial charge in [-0.25, -0.2) is 4.79 Å². The van der Waals surface area contributed by atoms with Gasteiger partial charge in [-0.2, -0.15) is 0 Å². The molecule has 9 rings (SSSR count). The van der Waals surface area contributed by atoms with Gasteiger partial charge < -0.3 is 64.3 Å². The molecule has 19 nitrogen and oxygen atoms in total. The van der Waals surface area contributed by atoms with Crippen molar-refractivity contribution in [1.29, 1.82) is 0 Å². The van der Waals surface area contributed by atoms with Gasteiger partial charge >= 0.3 is 11.9 Å². The number of nitrogens with one attached hydrogen (secondary N) is 1. The summed E-state index contributed by atoms with van der Waals surface area (Å²) in [7, 11) is 1.48. The number of phenolic OH excluding ortho intramolecular Hbond substituents is 2. The van der Waals surface area contributed by atoms with E-state index in [9.17, 15) is 39.6 Å². The van der Waals surface area contributed by atoms with E-state index in [2.05, 4.69) is 29.0 Å². The Balaban J connectivity index is 1.13. The van der Waals surface area contributed by atoms with E-state index in [1.807, 2.05) is 6.92 Å². The molecule has 5 bridgehead atoms. The normalized spacial score (nSPS) is 31.2. The van der Waals surface area contributed by atoms with Crippen LogP contribution in [0.4, 0.5) is 10.5 Å². The first kappa shape index (κ1) is 56.6. The number of carbonyl (C=O) groups is 4. The summed E-state index contributed by atoms with van der Waals surface area (Å²) in [6, 6.07) is 0. The van der Waals surface area contributed by atoms with E-state index in [4.69, 9.17) is 28.9 Å². The molecule has 0 aromatic heterocycles. The first-order valence-corrected chi connectivity index (χ1v) is 27.4. The largest absolute Gasteiger partial charge is 0.507 e. The molecular formula is C57H81N7O12. The highest BCUT2D eigenvalue weighted by Crippen LogP contribution is 2.50. The Kier molecular flexibility index (Phi) is 17.2. The van der Waals surface area contributed by atoms with Gasteiger partial charge in [-0.15, -0.1) is 0 Å². The van der Waals surface area contributed by atoms with Crippen LogP contribution >= 0.6 is 0 Å². The third-order valence-electron chi connectivity index (χ3n) is 16.8. The average molecular weight is 1060 g/mol. The summed E-state index contributed by atoms with van der Waals surface area (Å²) in [6.07, 6.45) is 8.01. The molecule has 5 N–H and O–H groups in total. The van der Waals surface area contributed by atoms with Crippen LogP contribution in [-0.4, -0.2) is 172 Å². The summed E-state index contributed by atoms with van der Waals surface area (Å²) >= 11 is 0. The number of aromatic hydroxyl groups is 2. The third kappa shape index (κ3) is 11.4. The number of fused-ring (bicyclic) bond motifs is 13. The Morgan fingerprint density at radius 2 is 1.49 bits per heavy atom. The van der Waals surface area contributed by atoms with Gasteiger partial charge in [0.05, 0.1) is 40.9 Å². The van der Waals surface area contributed by atoms with Crippen molar-refractivity contribution in [2.75, 3.05) is 77.9 Å². The molecule has 0 saturated carbocycles. The number of likely N-dealkylation sites (tertiary alicyclic amines) is 2. The summed E-state index contributed by atoms with van der Waals surface area (Å²) in [5.41, 5.74) is -0.645. The van der Waals surface area contributed by atoms with Crippen LogP contribution in [-0.2, 0) is 23.8 Å². The van der Waals surface area contributed by atoms with E-state index in [0.29, 0.717) is 51.4 Å². The van der Waals surface area contributed by atoms with Gasteiger partial charge in [0.2, 0.25) is 5.91 Å². The predicted molar refractivity (Wildman–Crippen MR) is 285 cm³/mol. The second-order valence-corrected chi connectivity index (χ2v) is 22.7. The molecule has 2 aromatic carbocycles. The molecule has 1 spiro atoms. The van der Waals surface area contributed by atoms with Crippen LogP contribution in [0.15, 0.2) is 46.1 Å².